The summed E-state index contributed by atoms with van der Waals surface area (Å²) < 4.78 is 14.5. The summed E-state index contributed by atoms with van der Waals surface area (Å²) in [6.07, 6.45) is 5.07. The topological polar surface area (TPSA) is 104 Å². The number of nitrogens with zero attached hydrogens (tertiary/aromatic N) is 4. The lowest BCUT2D eigenvalue weighted by atomic mass is 10.1. The second-order valence-electron chi connectivity index (χ2n) is 9.25. The summed E-state index contributed by atoms with van der Waals surface area (Å²) in [4.78, 5) is 38.4. The van der Waals surface area contributed by atoms with Crippen LogP contribution >= 0.6 is 0 Å². The predicted octanol–water partition coefficient (Wildman–Crippen LogP) is 3.55. The van der Waals surface area contributed by atoms with E-state index in [-0.39, 0.29) is 24.0 Å². The van der Waals surface area contributed by atoms with Crippen LogP contribution in [0, 0.1) is 13.8 Å². The zero-order valence-corrected chi connectivity index (χ0v) is 20.7. The molecule has 5 rings (SSSR count). The molecule has 1 unspecified atom stereocenters. The Balaban J connectivity index is 1.51. The molecular formula is C27H31N5O4. The molecule has 1 atom stereocenters. The number of imidazole rings is 1. The number of aryl methyl sites for hydroxylation is 2. The zero-order valence-electron chi connectivity index (χ0n) is 20.7. The number of rotatable bonds is 8. The van der Waals surface area contributed by atoms with Crippen LogP contribution in [0.2, 0.25) is 0 Å². The molecule has 9 nitrogen and oxygen atoms in total. The highest BCUT2D eigenvalue weighted by Gasteiger charge is 2.21. The van der Waals surface area contributed by atoms with Gasteiger partial charge in [-0.05, 0) is 57.2 Å². The molecule has 3 aromatic heterocycles. The fourth-order valence-electron chi connectivity index (χ4n) is 4.59. The summed E-state index contributed by atoms with van der Waals surface area (Å²) >= 11 is 0. The van der Waals surface area contributed by atoms with Crippen LogP contribution < -0.4 is 11.2 Å². The van der Waals surface area contributed by atoms with E-state index in [2.05, 4.69) is 9.97 Å². The Labute approximate surface area is 208 Å². The molecule has 0 radical (unpaired) electrons. The van der Waals surface area contributed by atoms with Crippen molar-refractivity contribution >= 4 is 11.2 Å². The number of benzene rings is 1. The summed E-state index contributed by atoms with van der Waals surface area (Å²) in [6.45, 7) is 5.75. The molecule has 36 heavy (non-hydrogen) atoms. The third kappa shape index (κ3) is 5.03. The Hall–Kier alpha value is -3.56. The standard InChI is InChI=1S/C27H31N5O4/c1-18-9-11-20(12-10-18)17-32-23-24(29-25(32)21-7-5-13-28-19(21)2)30-27(34)31(26(23)33)14-6-16-36-22-8-3-4-15-35-22/h5,7,9-13,22H,3-4,6,8,14-17H2,1-2H3,(H,30,34). The third-order valence-electron chi connectivity index (χ3n) is 6.56. The minimum Gasteiger partial charge on any atom is -0.353 e. The van der Waals surface area contributed by atoms with Crippen molar-refractivity contribution in [3.8, 4) is 11.4 Å². The van der Waals surface area contributed by atoms with Gasteiger partial charge in [0.25, 0.3) is 5.56 Å². The number of ether oxygens (including phenoxy) is 2. The molecular weight excluding hydrogens is 458 g/mol. The quantitative estimate of drug-likeness (QED) is 0.380. The second-order valence-corrected chi connectivity index (χ2v) is 9.25. The Bertz CT molecular complexity index is 1460. The summed E-state index contributed by atoms with van der Waals surface area (Å²) in [7, 11) is 0. The van der Waals surface area contributed by atoms with E-state index in [1.165, 1.54) is 4.57 Å². The number of hydrogen-bond acceptors (Lipinski definition) is 6. The van der Waals surface area contributed by atoms with Gasteiger partial charge in [-0.3, -0.25) is 19.3 Å². The molecule has 1 saturated heterocycles. The van der Waals surface area contributed by atoms with Crippen molar-refractivity contribution in [3.63, 3.8) is 0 Å². The van der Waals surface area contributed by atoms with Crippen LogP contribution in [0.4, 0.5) is 0 Å². The van der Waals surface area contributed by atoms with Gasteiger partial charge in [-0.25, -0.2) is 9.78 Å². The molecule has 1 aliphatic rings. The summed E-state index contributed by atoms with van der Waals surface area (Å²) in [5.41, 5.74) is 3.59. The molecule has 0 aliphatic carbocycles. The van der Waals surface area contributed by atoms with Crippen LogP contribution in [0.3, 0.4) is 0 Å². The average Bonchev–Trinajstić information content (AvgIpc) is 3.23. The Morgan fingerprint density at radius 1 is 1.11 bits per heavy atom. The van der Waals surface area contributed by atoms with Crippen molar-refractivity contribution in [2.24, 2.45) is 0 Å². The minimum atomic E-state index is -0.476. The van der Waals surface area contributed by atoms with Gasteiger partial charge in [-0.2, -0.15) is 0 Å². The molecule has 1 fully saturated rings. The van der Waals surface area contributed by atoms with E-state index in [1.807, 2.05) is 54.8 Å². The predicted molar refractivity (Wildman–Crippen MR) is 137 cm³/mol. The fourth-order valence-corrected chi connectivity index (χ4v) is 4.59. The van der Waals surface area contributed by atoms with Crippen LogP contribution in [-0.2, 0) is 22.6 Å². The number of aromatic nitrogens is 5. The van der Waals surface area contributed by atoms with E-state index in [0.717, 1.165) is 41.6 Å². The molecule has 0 spiro atoms. The van der Waals surface area contributed by atoms with Gasteiger partial charge in [0, 0.05) is 37.2 Å². The number of fused-ring (bicyclic) bond motifs is 1. The smallest absolute Gasteiger partial charge is 0.330 e. The molecule has 0 bridgehead atoms. The number of aromatic amines is 1. The maximum Gasteiger partial charge on any atom is 0.330 e. The highest BCUT2D eigenvalue weighted by atomic mass is 16.7. The van der Waals surface area contributed by atoms with Crippen LogP contribution in [0.25, 0.3) is 22.6 Å². The van der Waals surface area contributed by atoms with Gasteiger partial charge in [0.1, 0.15) is 5.82 Å². The highest BCUT2D eigenvalue weighted by Crippen LogP contribution is 2.25. The first-order valence-corrected chi connectivity index (χ1v) is 12.5. The van der Waals surface area contributed by atoms with Gasteiger partial charge in [-0.1, -0.05) is 29.8 Å². The lowest BCUT2D eigenvalue weighted by molar-refractivity contribution is -0.163. The molecule has 4 aromatic rings. The first-order chi connectivity index (χ1) is 17.5. The van der Waals surface area contributed by atoms with Gasteiger partial charge in [-0.15, -0.1) is 0 Å². The molecule has 4 heterocycles. The maximum atomic E-state index is 13.6. The largest absolute Gasteiger partial charge is 0.353 e. The zero-order chi connectivity index (χ0) is 25.1. The number of H-pyrrole nitrogens is 1. The van der Waals surface area contributed by atoms with Gasteiger partial charge in [0.2, 0.25) is 0 Å². The van der Waals surface area contributed by atoms with Crippen LogP contribution in [0.15, 0.2) is 52.2 Å². The minimum absolute atomic E-state index is 0.197. The first-order valence-electron chi connectivity index (χ1n) is 12.5. The summed E-state index contributed by atoms with van der Waals surface area (Å²) in [5, 5.41) is 0. The van der Waals surface area contributed by atoms with E-state index >= 15 is 0 Å². The third-order valence-corrected chi connectivity index (χ3v) is 6.56. The van der Waals surface area contributed by atoms with Crippen molar-refractivity contribution in [1.29, 1.82) is 0 Å². The van der Waals surface area contributed by atoms with E-state index in [4.69, 9.17) is 14.5 Å². The Morgan fingerprint density at radius 2 is 1.94 bits per heavy atom. The van der Waals surface area contributed by atoms with Crippen molar-refractivity contribution in [3.05, 3.63) is 80.3 Å². The molecule has 1 aromatic carbocycles. The molecule has 9 heteroatoms. The molecule has 1 N–H and O–H groups in total. The van der Waals surface area contributed by atoms with Gasteiger partial charge >= 0.3 is 5.69 Å². The molecule has 1 aliphatic heterocycles. The van der Waals surface area contributed by atoms with E-state index in [1.54, 1.807) is 6.20 Å². The number of hydrogen-bond donors (Lipinski definition) is 1. The van der Waals surface area contributed by atoms with Crippen molar-refractivity contribution in [2.75, 3.05) is 13.2 Å². The van der Waals surface area contributed by atoms with E-state index < -0.39 is 5.69 Å². The Kier molecular flexibility index (Phi) is 7.11. The van der Waals surface area contributed by atoms with Gasteiger partial charge in [0.05, 0.1) is 6.61 Å². The van der Waals surface area contributed by atoms with Crippen molar-refractivity contribution in [2.45, 2.75) is 58.9 Å². The van der Waals surface area contributed by atoms with E-state index in [0.29, 0.717) is 37.5 Å². The van der Waals surface area contributed by atoms with Gasteiger partial charge < -0.3 is 14.0 Å². The second kappa shape index (κ2) is 10.6. The SMILES string of the molecule is Cc1ccc(Cn2c(-c3cccnc3C)nc3[nH]c(=O)n(CCCOC4CCCCO4)c(=O)c32)cc1. The molecule has 0 amide bonds. The highest BCUT2D eigenvalue weighted by molar-refractivity contribution is 5.77. The first kappa shape index (κ1) is 24.1. The van der Waals surface area contributed by atoms with Crippen molar-refractivity contribution in [1.82, 2.24) is 24.1 Å². The lowest BCUT2D eigenvalue weighted by Crippen LogP contribution is -2.36. The normalized spacial score (nSPS) is 16.0. The summed E-state index contributed by atoms with van der Waals surface area (Å²) in [5.74, 6) is 0.597. The van der Waals surface area contributed by atoms with Crippen LogP contribution in [0.5, 0.6) is 0 Å². The summed E-state index contributed by atoms with van der Waals surface area (Å²) in [6, 6.07) is 11.9. The lowest BCUT2D eigenvalue weighted by Gasteiger charge is -2.22. The average molecular weight is 490 g/mol. The maximum absolute atomic E-state index is 13.6. The number of nitrogens with one attached hydrogen (secondary N) is 1. The Morgan fingerprint density at radius 3 is 2.69 bits per heavy atom. The van der Waals surface area contributed by atoms with E-state index in [9.17, 15) is 9.59 Å². The van der Waals surface area contributed by atoms with Crippen LogP contribution in [-0.4, -0.2) is 43.6 Å². The molecule has 188 valence electrons. The number of pyridine rings is 1. The molecule has 0 saturated carbocycles. The van der Waals surface area contributed by atoms with Crippen molar-refractivity contribution < 1.29 is 9.47 Å². The van der Waals surface area contributed by atoms with Crippen LogP contribution in [0.1, 0.15) is 42.5 Å². The monoisotopic (exact) mass is 489 g/mol. The fraction of sp³-hybridized carbons (Fsp3) is 0.407. The van der Waals surface area contributed by atoms with Gasteiger partial charge in [0.15, 0.2) is 17.5 Å².